The molecular weight excluding hydrogens is 333 g/mol. The molecule has 2 aliphatic rings. The van der Waals surface area contributed by atoms with Crippen LogP contribution in [0.1, 0.15) is 24.4 Å². The molecule has 1 atom stereocenters. The normalized spacial score (nSPS) is 19.8. The van der Waals surface area contributed by atoms with Crippen LogP contribution in [0.2, 0.25) is 5.02 Å². The van der Waals surface area contributed by atoms with E-state index in [9.17, 15) is 13.2 Å². The van der Waals surface area contributed by atoms with Crippen molar-refractivity contribution in [3.63, 3.8) is 0 Å². The zero-order chi connectivity index (χ0) is 16.4. The number of piperazine rings is 1. The smallest absolute Gasteiger partial charge is 0.389 e. The average molecular weight is 351 g/mol. The molecule has 1 saturated heterocycles. The summed E-state index contributed by atoms with van der Waals surface area (Å²) in [5.41, 5.74) is 0.669. The second kappa shape index (κ2) is 6.75. The number of fused-ring (bicyclic) bond motifs is 1. The molecule has 8 heteroatoms. The van der Waals surface area contributed by atoms with Crippen LogP contribution in [0.15, 0.2) is 12.1 Å². The first-order valence-corrected chi connectivity index (χ1v) is 7.92. The van der Waals surface area contributed by atoms with E-state index in [0.29, 0.717) is 35.2 Å². The van der Waals surface area contributed by atoms with Crippen molar-refractivity contribution in [1.82, 2.24) is 10.2 Å². The van der Waals surface area contributed by atoms with Crippen LogP contribution >= 0.6 is 11.6 Å². The molecule has 0 aromatic heterocycles. The van der Waals surface area contributed by atoms with Gasteiger partial charge in [0.05, 0.1) is 0 Å². The fraction of sp³-hybridized carbons (Fsp3) is 0.600. The molecule has 1 fully saturated rings. The van der Waals surface area contributed by atoms with Crippen molar-refractivity contribution in [3.8, 4) is 11.5 Å². The number of hydrogen-bond acceptors (Lipinski definition) is 4. The summed E-state index contributed by atoms with van der Waals surface area (Å²) in [7, 11) is 0. The van der Waals surface area contributed by atoms with Crippen molar-refractivity contribution in [1.29, 1.82) is 0 Å². The molecule has 2 heterocycles. The maximum absolute atomic E-state index is 12.7. The van der Waals surface area contributed by atoms with Gasteiger partial charge in [0.1, 0.15) is 0 Å². The third-order valence-electron chi connectivity index (χ3n) is 4.14. The number of hydrogen-bond donors (Lipinski definition) is 1. The standard InChI is InChI=1S/C15H18ClF3N2O2/c16-11-8-14-13(22-9-23-14)7-10(11)12(1-2-15(17,18)19)21-5-3-20-4-6-21/h7-8,12,20H,1-6,9H2/t12-/m1/s1. The number of alkyl halides is 3. The van der Waals surface area contributed by atoms with Crippen LogP contribution in [0.5, 0.6) is 11.5 Å². The third-order valence-corrected chi connectivity index (χ3v) is 4.47. The summed E-state index contributed by atoms with van der Waals surface area (Å²) >= 11 is 6.31. The van der Waals surface area contributed by atoms with E-state index in [0.717, 1.165) is 13.1 Å². The summed E-state index contributed by atoms with van der Waals surface area (Å²) in [5.74, 6) is 1.07. The van der Waals surface area contributed by atoms with E-state index >= 15 is 0 Å². The number of nitrogens with one attached hydrogen (secondary N) is 1. The number of ether oxygens (including phenoxy) is 2. The van der Waals surface area contributed by atoms with Gasteiger partial charge in [-0.25, -0.2) is 0 Å². The Morgan fingerprint density at radius 1 is 1.17 bits per heavy atom. The van der Waals surface area contributed by atoms with Gasteiger partial charge in [-0.15, -0.1) is 0 Å². The van der Waals surface area contributed by atoms with E-state index in [1.807, 2.05) is 4.90 Å². The van der Waals surface area contributed by atoms with Gasteiger partial charge in [0.15, 0.2) is 11.5 Å². The maximum atomic E-state index is 12.7. The van der Waals surface area contributed by atoms with Gasteiger partial charge < -0.3 is 14.8 Å². The number of nitrogens with zero attached hydrogens (tertiary/aromatic N) is 1. The lowest BCUT2D eigenvalue weighted by Gasteiger charge is -2.36. The van der Waals surface area contributed by atoms with Crippen molar-refractivity contribution in [3.05, 3.63) is 22.7 Å². The first-order chi connectivity index (χ1) is 10.9. The van der Waals surface area contributed by atoms with E-state index in [1.165, 1.54) is 0 Å². The molecule has 4 nitrogen and oxygen atoms in total. The predicted molar refractivity (Wildman–Crippen MR) is 80.0 cm³/mol. The molecule has 0 radical (unpaired) electrons. The Morgan fingerprint density at radius 2 is 1.83 bits per heavy atom. The fourth-order valence-electron chi connectivity index (χ4n) is 3.02. The van der Waals surface area contributed by atoms with Gasteiger partial charge in [-0.1, -0.05) is 11.6 Å². The van der Waals surface area contributed by atoms with Crippen molar-refractivity contribution in [2.45, 2.75) is 25.1 Å². The third kappa shape index (κ3) is 4.02. The molecule has 0 saturated carbocycles. The highest BCUT2D eigenvalue weighted by atomic mass is 35.5. The molecule has 1 aromatic carbocycles. The Bertz CT molecular complexity index is 562. The SMILES string of the molecule is FC(F)(F)CC[C@H](c1cc2c(cc1Cl)OCO2)N1CCNCC1. The second-order valence-electron chi connectivity index (χ2n) is 5.68. The Hall–Kier alpha value is -1.18. The Balaban J connectivity index is 1.87. The topological polar surface area (TPSA) is 33.7 Å². The van der Waals surface area contributed by atoms with Crippen LogP contribution in [0.25, 0.3) is 0 Å². The van der Waals surface area contributed by atoms with Crippen molar-refractivity contribution in [2.24, 2.45) is 0 Å². The minimum absolute atomic E-state index is 0.0249. The molecule has 0 aliphatic carbocycles. The summed E-state index contributed by atoms with van der Waals surface area (Å²) < 4.78 is 48.7. The van der Waals surface area contributed by atoms with Crippen LogP contribution < -0.4 is 14.8 Å². The van der Waals surface area contributed by atoms with Gasteiger partial charge in [0, 0.05) is 49.7 Å². The highest BCUT2D eigenvalue weighted by Crippen LogP contribution is 2.42. The zero-order valence-electron chi connectivity index (χ0n) is 12.5. The molecule has 3 rings (SSSR count). The molecule has 0 amide bonds. The van der Waals surface area contributed by atoms with Crippen LogP contribution in [0, 0.1) is 0 Å². The molecule has 128 valence electrons. The molecule has 1 N–H and O–H groups in total. The molecule has 2 aliphatic heterocycles. The quantitative estimate of drug-likeness (QED) is 0.903. The van der Waals surface area contributed by atoms with Gasteiger partial charge in [0.2, 0.25) is 6.79 Å². The molecule has 23 heavy (non-hydrogen) atoms. The van der Waals surface area contributed by atoms with Gasteiger partial charge in [-0.2, -0.15) is 13.2 Å². The minimum atomic E-state index is -4.19. The Kier molecular flexibility index (Phi) is 4.89. The lowest BCUT2D eigenvalue weighted by molar-refractivity contribution is -0.138. The Morgan fingerprint density at radius 3 is 2.48 bits per heavy atom. The van der Waals surface area contributed by atoms with Crippen LogP contribution in [-0.2, 0) is 0 Å². The van der Waals surface area contributed by atoms with Crippen LogP contribution in [-0.4, -0.2) is 44.0 Å². The largest absolute Gasteiger partial charge is 0.454 e. The summed E-state index contributed by atoms with van der Waals surface area (Å²) in [6.07, 6.45) is -5.05. The number of benzene rings is 1. The highest BCUT2D eigenvalue weighted by molar-refractivity contribution is 6.31. The predicted octanol–water partition coefficient (Wildman–Crippen LogP) is 3.36. The summed E-state index contributed by atoms with van der Waals surface area (Å²) in [6.45, 7) is 2.99. The molecule has 1 aromatic rings. The lowest BCUT2D eigenvalue weighted by Crippen LogP contribution is -2.45. The van der Waals surface area contributed by atoms with Crippen LogP contribution in [0.3, 0.4) is 0 Å². The molecular formula is C15H18ClF3N2O2. The van der Waals surface area contributed by atoms with E-state index in [2.05, 4.69) is 5.32 Å². The monoisotopic (exact) mass is 350 g/mol. The van der Waals surface area contributed by atoms with Crippen molar-refractivity contribution in [2.75, 3.05) is 33.0 Å². The molecule has 0 unspecified atom stereocenters. The van der Waals surface area contributed by atoms with Crippen molar-refractivity contribution < 1.29 is 22.6 Å². The summed E-state index contributed by atoms with van der Waals surface area (Å²) in [6, 6.07) is 2.95. The van der Waals surface area contributed by atoms with Crippen molar-refractivity contribution >= 4 is 11.6 Å². The summed E-state index contributed by atoms with van der Waals surface area (Å²) in [5, 5.41) is 3.62. The number of halogens is 4. The second-order valence-corrected chi connectivity index (χ2v) is 6.09. The minimum Gasteiger partial charge on any atom is -0.454 e. The summed E-state index contributed by atoms with van der Waals surface area (Å²) in [4.78, 5) is 2.05. The fourth-order valence-corrected chi connectivity index (χ4v) is 3.30. The van der Waals surface area contributed by atoms with E-state index < -0.39 is 12.6 Å². The molecule has 0 spiro atoms. The van der Waals surface area contributed by atoms with Gasteiger partial charge in [-0.05, 0) is 18.1 Å². The van der Waals surface area contributed by atoms with Crippen LogP contribution in [0.4, 0.5) is 13.2 Å². The zero-order valence-corrected chi connectivity index (χ0v) is 13.2. The van der Waals surface area contributed by atoms with E-state index in [-0.39, 0.29) is 19.3 Å². The number of rotatable bonds is 4. The first-order valence-electron chi connectivity index (χ1n) is 7.54. The average Bonchev–Trinajstić information content (AvgIpc) is 2.94. The maximum Gasteiger partial charge on any atom is 0.389 e. The lowest BCUT2D eigenvalue weighted by atomic mass is 9.98. The molecule has 0 bridgehead atoms. The first kappa shape index (κ1) is 16.7. The van der Waals surface area contributed by atoms with Gasteiger partial charge in [0.25, 0.3) is 0 Å². The Labute approximate surface area is 137 Å². The van der Waals surface area contributed by atoms with Gasteiger partial charge in [-0.3, -0.25) is 4.90 Å². The highest BCUT2D eigenvalue weighted by Gasteiger charge is 2.33. The van der Waals surface area contributed by atoms with Gasteiger partial charge >= 0.3 is 6.18 Å². The van der Waals surface area contributed by atoms with E-state index in [1.54, 1.807) is 12.1 Å². The van der Waals surface area contributed by atoms with E-state index in [4.69, 9.17) is 21.1 Å².